The Morgan fingerprint density at radius 2 is 2.00 bits per heavy atom. The molecule has 0 saturated heterocycles. The van der Waals surface area contributed by atoms with Crippen molar-refractivity contribution in [2.24, 2.45) is 12.0 Å². The fourth-order valence-corrected chi connectivity index (χ4v) is 2.20. The summed E-state index contributed by atoms with van der Waals surface area (Å²) in [5, 5.41) is 15.0. The van der Waals surface area contributed by atoms with E-state index in [9.17, 15) is 0 Å². The first-order chi connectivity index (χ1) is 10.8. The minimum atomic E-state index is 0. The van der Waals surface area contributed by atoms with E-state index in [1.54, 1.807) is 13.2 Å². The van der Waals surface area contributed by atoms with Crippen molar-refractivity contribution in [3.05, 3.63) is 36.4 Å². The number of halogens is 1. The molecule has 0 spiro atoms. The first-order valence-electron chi connectivity index (χ1n) is 7.67. The van der Waals surface area contributed by atoms with Crippen molar-refractivity contribution >= 4 is 29.9 Å². The first kappa shape index (κ1) is 19.5. The van der Waals surface area contributed by atoms with Gasteiger partial charge >= 0.3 is 0 Å². The summed E-state index contributed by atoms with van der Waals surface area (Å²) in [5.74, 6) is 0.853. The zero-order chi connectivity index (χ0) is 15.6. The highest BCUT2D eigenvalue weighted by Crippen LogP contribution is 1.99. The molecule has 0 bridgehead atoms. The number of hydrogen-bond acceptors (Lipinski definition) is 3. The zero-order valence-electron chi connectivity index (χ0n) is 13.8. The van der Waals surface area contributed by atoms with Gasteiger partial charge in [0.1, 0.15) is 0 Å². The monoisotopic (exact) mass is 431 g/mol. The number of aromatic nitrogens is 4. The molecule has 0 aliphatic carbocycles. The fraction of sp³-hybridized carbons (Fsp3) is 0.533. The van der Waals surface area contributed by atoms with E-state index >= 15 is 0 Å². The Kier molecular flexibility index (Phi) is 9.34. The average molecular weight is 431 g/mol. The van der Waals surface area contributed by atoms with E-state index in [0.717, 1.165) is 44.9 Å². The van der Waals surface area contributed by atoms with Crippen LogP contribution >= 0.6 is 24.0 Å². The van der Waals surface area contributed by atoms with Crippen molar-refractivity contribution in [3.8, 4) is 0 Å². The number of rotatable bonds is 8. The molecule has 0 radical (unpaired) electrons. The molecule has 2 rings (SSSR count). The molecule has 0 aliphatic rings. The van der Waals surface area contributed by atoms with Crippen LogP contribution in [0.3, 0.4) is 0 Å². The highest BCUT2D eigenvalue weighted by Gasteiger charge is 1.99. The van der Waals surface area contributed by atoms with E-state index in [1.807, 2.05) is 34.9 Å². The molecule has 23 heavy (non-hydrogen) atoms. The molecule has 2 heterocycles. The van der Waals surface area contributed by atoms with Crippen molar-refractivity contribution in [1.29, 1.82) is 0 Å². The van der Waals surface area contributed by atoms with Gasteiger partial charge < -0.3 is 10.6 Å². The largest absolute Gasteiger partial charge is 0.356 e. The van der Waals surface area contributed by atoms with Crippen molar-refractivity contribution in [1.82, 2.24) is 30.2 Å². The molecule has 0 amide bonds. The average Bonchev–Trinajstić information content (AvgIpc) is 3.17. The standard InChI is InChI=1S/C15H25N7.HI/c1-16-15(18-8-4-10-22-11-5-9-19-22)17-7-3-6-14-12-20-21(2)13-14;/h5,9,11-13H,3-4,6-8,10H2,1-2H3,(H2,16,17,18);1H. The number of nitrogens with one attached hydrogen (secondary N) is 2. The van der Waals surface area contributed by atoms with Crippen LogP contribution < -0.4 is 10.6 Å². The van der Waals surface area contributed by atoms with E-state index in [0.29, 0.717) is 0 Å². The molecule has 2 N–H and O–H groups in total. The van der Waals surface area contributed by atoms with Crippen LogP contribution in [0, 0.1) is 0 Å². The van der Waals surface area contributed by atoms with E-state index in [1.165, 1.54) is 5.56 Å². The lowest BCUT2D eigenvalue weighted by Gasteiger charge is -2.11. The van der Waals surface area contributed by atoms with Crippen LogP contribution in [-0.2, 0) is 20.0 Å². The molecule has 128 valence electrons. The Bertz CT molecular complexity index is 562. The van der Waals surface area contributed by atoms with Gasteiger partial charge in [-0.3, -0.25) is 14.4 Å². The summed E-state index contributed by atoms with van der Waals surface area (Å²) < 4.78 is 3.77. The van der Waals surface area contributed by atoms with Crippen LogP contribution in [0.1, 0.15) is 18.4 Å². The van der Waals surface area contributed by atoms with Crippen molar-refractivity contribution in [2.45, 2.75) is 25.8 Å². The molecular formula is C15H26IN7. The van der Waals surface area contributed by atoms with Crippen LogP contribution in [0.15, 0.2) is 35.8 Å². The van der Waals surface area contributed by atoms with Crippen LogP contribution in [0.25, 0.3) is 0 Å². The summed E-state index contributed by atoms with van der Waals surface area (Å²) in [7, 11) is 3.74. The normalized spacial score (nSPS) is 11.1. The number of guanidine groups is 1. The number of aryl methyl sites for hydroxylation is 3. The Hall–Kier alpha value is -1.58. The van der Waals surface area contributed by atoms with E-state index in [-0.39, 0.29) is 24.0 Å². The predicted octanol–water partition coefficient (Wildman–Crippen LogP) is 1.42. The van der Waals surface area contributed by atoms with Gasteiger partial charge in [-0.25, -0.2) is 0 Å². The van der Waals surface area contributed by atoms with Crippen LogP contribution in [0.5, 0.6) is 0 Å². The number of hydrogen-bond donors (Lipinski definition) is 2. The fourth-order valence-electron chi connectivity index (χ4n) is 2.20. The third-order valence-corrected chi connectivity index (χ3v) is 3.33. The number of aliphatic imine (C=N–C) groups is 1. The van der Waals surface area contributed by atoms with Gasteiger partial charge in [-0.1, -0.05) is 0 Å². The molecule has 0 unspecified atom stereocenters. The molecule has 0 atom stereocenters. The van der Waals surface area contributed by atoms with Crippen molar-refractivity contribution < 1.29 is 0 Å². The zero-order valence-corrected chi connectivity index (χ0v) is 16.1. The molecule has 7 nitrogen and oxygen atoms in total. The molecular weight excluding hydrogens is 405 g/mol. The highest BCUT2D eigenvalue weighted by atomic mass is 127. The van der Waals surface area contributed by atoms with Gasteiger partial charge in [-0.05, 0) is 30.9 Å². The minimum Gasteiger partial charge on any atom is -0.356 e. The topological polar surface area (TPSA) is 72.1 Å². The lowest BCUT2D eigenvalue weighted by Crippen LogP contribution is -2.38. The quantitative estimate of drug-likeness (QED) is 0.287. The molecule has 0 fully saturated rings. The molecule has 0 aliphatic heterocycles. The summed E-state index contributed by atoms with van der Waals surface area (Å²) in [4.78, 5) is 4.23. The maximum atomic E-state index is 4.23. The van der Waals surface area contributed by atoms with Gasteiger partial charge in [0.15, 0.2) is 5.96 Å². The first-order valence-corrected chi connectivity index (χ1v) is 7.67. The third-order valence-electron chi connectivity index (χ3n) is 3.33. The molecule has 2 aromatic heterocycles. The molecule has 0 saturated carbocycles. The van der Waals surface area contributed by atoms with Gasteiger partial charge in [0, 0.05) is 52.3 Å². The third kappa shape index (κ3) is 7.49. The van der Waals surface area contributed by atoms with Crippen LogP contribution in [0.4, 0.5) is 0 Å². The second kappa shape index (κ2) is 11.0. The van der Waals surface area contributed by atoms with E-state index < -0.39 is 0 Å². The predicted molar refractivity (Wildman–Crippen MR) is 103 cm³/mol. The summed E-state index contributed by atoms with van der Waals surface area (Å²) in [6, 6.07) is 1.94. The lowest BCUT2D eigenvalue weighted by atomic mass is 10.2. The maximum Gasteiger partial charge on any atom is 0.190 e. The summed E-state index contributed by atoms with van der Waals surface area (Å²) in [5.41, 5.74) is 1.27. The van der Waals surface area contributed by atoms with E-state index in [2.05, 4.69) is 32.0 Å². The smallest absolute Gasteiger partial charge is 0.190 e. The van der Waals surface area contributed by atoms with Crippen molar-refractivity contribution in [2.75, 3.05) is 20.1 Å². The second-order valence-electron chi connectivity index (χ2n) is 5.17. The maximum absolute atomic E-state index is 4.23. The van der Waals surface area contributed by atoms with Crippen LogP contribution in [0.2, 0.25) is 0 Å². The Balaban J connectivity index is 0.00000264. The van der Waals surface area contributed by atoms with Gasteiger partial charge in [0.25, 0.3) is 0 Å². The van der Waals surface area contributed by atoms with Gasteiger partial charge in [-0.15, -0.1) is 24.0 Å². The van der Waals surface area contributed by atoms with E-state index in [4.69, 9.17) is 0 Å². The second-order valence-corrected chi connectivity index (χ2v) is 5.17. The molecule has 8 heteroatoms. The lowest BCUT2D eigenvalue weighted by molar-refractivity contribution is 0.570. The van der Waals surface area contributed by atoms with Gasteiger partial charge in [0.2, 0.25) is 0 Å². The Morgan fingerprint density at radius 3 is 2.61 bits per heavy atom. The van der Waals surface area contributed by atoms with Gasteiger partial charge in [-0.2, -0.15) is 10.2 Å². The number of nitrogens with zero attached hydrogens (tertiary/aromatic N) is 5. The Labute approximate surface area is 154 Å². The SMILES string of the molecule is CN=C(NCCCc1cnn(C)c1)NCCCn1cccn1.I. The molecule has 0 aromatic carbocycles. The van der Waals surface area contributed by atoms with Crippen molar-refractivity contribution in [3.63, 3.8) is 0 Å². The summed E-state index contributed by atoms with van der Waals surface area (Å²) in [6.07, 6.45) is 10.8. The minimum absolute atomic E-state index is 0. The highest BCUT2D eigenvalue weighted by molar-refractivity contribution is 14.0. The summed E-state index contributed by atoms with van der Waals surface area (Å²) in [6.45, 7) is 2.69. The van der Waals surface area contributed by atoms with Crippen LogP contribution in [-0.4, -0.2) is 45.7 Å². The summed E-state index contributed by atoms with van der Waals surface area (Å²) >= 11 is 0. The Morgan fingerprint density at radius 1 is 1.22 bits per heavy atom. The van der Waals surface area contributed by atoms with Gasteiger partial charge in [0.05, 0.1) is 6.20 Å². The molecule has 2 aromatic rings.